The van der Waals surface area contributed by atoms with Gasteiger partial charge in [0, 0.05) is 32.7 Å². The monoisotopic (exact) mass is 277 g/mol. The van der Waals surface area contributed by atoms with Gasteiger partial charge in [-0.05, 0) is 44.1 Å². The Labute approximate surface area is 122 Å². The molecule has 0 amide bonds. The summed E-state index contributed by atoms with van der Waals surface area (Å²) in [5.41, 5.74) is 6.81. The second-order valence-electron chi connectivity index (χ2n) is 5.53. The van der Waals surface area contributed by atoms with Gasteiger partial charge in [0.15, 0.2) is 0 Å². The summed E-state index contributed by atoms with van der Waals surface area (Å²) in [6.45, 7) is 7.37. The van der Waals surface area contributed by atoms with E-state index in [1.54, 1.807) is 0 Å². The van der Waals surface area contributed by atoms with E-state index < -0.39 is 0 Å². The van der Waals surface area contributed by atoms with Crippen molar-refractivity contribution in [3.05, 3.63) is 29.8 Å². The summed E-state index contributed by atoms with van der Waals surface area (Å²) in [5, 5.41) is 0. The summed E-state index contributed by atoms with van der Waals surface area (Å²) < 4.78 is 5.78. The van der Waals surface area contributed by atoms with Gasteiger partial charge in [-0.15, -0.1) is 0 Å². The number of benzene rings is 1. The van der Waals surface area contributed by atoms with Gasteiger partial charge in [-0.3, -0.25) is 0 Å². The number of nitrogens with two attached hydrogens (primary N) is 1. The van der Waals surface area contributed by atoms with E-state index in [0.717, 1.165) is 31.7 Å². The number of ether oxygens (including phenoxy) is 1. The number of rotatable bonds is 7. The first kappa shape index (κ1) is 15.3. The Bertz CT molecular complexity index is 372. The normalized spacial score (nSPS) is 17.3. The van der Waals surface area contributed by atoms with E-state index in [2.05, 4.69) is 29.0 Å². The van der Waals surface area contributed by atoms with Gasteiger partial charge < -0.3 is 20.3 Å². The highest BCUT2D eigenvalue weighted by molar-refractivity contribution is 5.27. The Balaban J connectivity index is 1.60. The van der Waals surface area contributed by atoms with E-state index in [4.69, 9.17) is 10.5 Å². The van der Waals surface area contributed by atoms with Crippen molar-refractivity contribution in [2.24, 2.45) is 5.73 Å². The average Bonchev–Trinajstić information content (AvgIpc) is 2.47. The average molecular weight is 277 g/mol. The third-order valence-electron chi connectivity index (χ3n) is 3.84. The molecular formula is C16H27N3O. The van der Waals surface area contributed by atoms with Gasteiger partial charge in [-0.2, -0.15) is 0 Å². The number of nitrogens with zero attached hydrogens (tertiary/aromatic N) is 2. The standard InChI is InChI=1S/C16H27N3O/c1-18-10-12-19(13-11-18)9-2-14-20-16-5-3-15(4-6-16)7-8-17/h3-6H,2,7-14,17H2,1H3. The van der Waals surface area contributed by atoms with Crippen LogP contribution in [0.25, 0.3) is 0 Å². The van der Waals surface area contributed by atoms with Crippen molar-refractivity contribution >= 4 is 0 Å². The molecule has 1 aromatic carbocycles. The highest BCUT2D eigenvalue weighted by atomic mass is 16.5. The van der Waals surface area contributed by atoms with E-state index in [0.29, 0.717) is 6.54 Å². The highest BCUT2D eigenvalue weighted by Crippen LogP contribution is 2.12. The van der Waals surface area contributed by atoms with Crippen LogP contribution in [-0.2, 0) is 6.42 Å². The molecule has 1 saturated heterocycles. The topological polar surface area (TPSA) is 41.7 Å². The number of hydrogen-bond donors (Lipinski definition) is 1. The summed E-state index contributed by atoms with van der Waals surface area (Å²) in [6, 6.07) is 8.28. The molecule has 0 aromatic heterocycles. The second kappa shape index (κ2) is 8.25. The van der Waals surface area contributed by atoms with E-state index in [1.165, 1.54) is 31.7 Å². The Morgan fingerprint density at radius 3 is 2.45 bits per heavy atom. The zero-order chi connectivity index (χ0) is 14.2. The van der Waals surface area contributed by atoms with Crippen LogP contribution in [0.3, 0.4) is 0 Å². The van der Waals surface area contributed by atoms with Crippen molar-refractivity contribution in [1.29, 1.82) is 0 Å². The first-order chi connectivity index (χ1) is 9.78. The van der Waals surface area contributed by atoms with Crippen LogP contribution in [0.15, 0.2) is 24.3 Å². The summed E-state index contributed by atoms with van der Waals surface area (Å²) >= 11 is 0. The van der Waals surface area contributed by atoms with Gasteiger partial charge in [0.2, 0.25) is 0 Å². The van der Waals surface area contributed by atoms with Crippen LogP contribution < -0.4 is 10.5 Å². The molecule has 0 bridgehead atoms. The van der Waals surface area contributed by atoms with Crippen LogP contribution in [-0.4, -0.2) is 62.7 Å². The fraction of sp³-hybridized carbons (Fsp3) is 0.625. The van der Waals surface area contributed by atoms with Crippen LogP contribution in [0, 0.1) is 0 Å². The minimum Gasteiger partial charge on any atom is -0.494 e. The van der Waals surface area contributed by atoms with Crippen molar-refractivity contribution in [2.45, 2.75) is 12.8 Å². The number of piperazine rings is 1. The maximum Gasteiger partial charge on any atom is 0.119 e. The highest BCUT2D eigenvalue weighted by Gasteiger charge is 2.12. The summed E-state index contributed by atoms with van der Waals surface area (Å²) in [7, 11) is 2.19. The molecule has 2 N–H and O–H groups in total. The molecule has 1 aliphatic heterocycles. The Morgan fingerprint density at radius 1 is 1.10 bits per heavy atom. The fourth-order valence-corrected chi connectivity index (χ4v) is 2.47. The van der Waals surface area contributed by atoms with Crippen molar-refractivity contribution in [3.63, 3.8) is 0 Å². The Kier molecular flexibility index (Phi) is 6.30. The zero-order valence-corrected chi connectivity index (χ0v) is 12.6. The summed E-state index contributed by atoms with van der Waals surface area (Å²) in [4.78, 5) is 4.91. The molecule has 0 radical (unpaired) electrons. The lowest BCUT2D eigenvalue weighted by molar-refractivity contribution is 0.145. The molecule has 1 aromatic rings. The molecule has 112 valence electrons. The van der Waals surface area contributed by atoms with Crippen LogP contribution in [0.1, 0.15) is 12.0 Å². The lowest BCUT2D eigenvalue weighted by Gasteiger charge is -2.32. The smallest absolute Gasteiger partial charge is 0.119 e. The molecule has 20 heavy (non-hydrogen) atoms. The van der Waals surface area contributed by atoms with E-state index >= 15 is 0 Å². The van der Waals surface area contributed by atoms with Gasteiger partial charge >= 0.3 is 0 Å². The third kappa shape index (κ3) is 5.12. The molecule has 4 heteroatoms. The molecule has 0 spiro atoms. The molecular weight excluding hydrogens is 250 g/mol. The van der Waals surface area contributed by atoms with Gasteiger partial charge in [0.05, 0.1) is 6.61 Å². The first-order valence-corrected chi connectivity index (χ1v) is 7.60. The quantitative estimate of drug-likeness (QED) is 0.761. The number of likely N-dealkylation sites (N-methyl/N-ethyl adjacent to an activating group) is 1. The minimum absolute atomic E-state index is 0.700. The lowest BCUT2D eigenvalue weighted by Crippen LogP contribution is -2.44. The molecule has 4 nitrogen and oxygen atoms in total. The van der Waals surface area contributed by atoms with Gasteiger partial charge in [0.1, 0.15) is 5.75 Å². The van der Waals surface area contributed by atoms with Crippen LogP contribution in [0.5, 0.6) is 5.75 Å². The molecule has 1 fully saturated rings. The maximum atomic E-state index is 5.78. The molecule has 1 aliphatic rings. The van der Waals surface area contributed by atoms with Crippen molar-refractivity contribution in [2.75, 3.05) is 52.9 Å². The predicted molar refractivity (Wildman–Crippen MR) is 83.2 cm³/mol. The van der Waals surface area contributed by atoms with Crippen molar-refractivity contribution in [3.8, 4) is 5.75 Å². The second-order valence-corrected chi connectivity index (χ2v) is 5.53. The van der Waals surface area contributed by atoms with Crippen LogP contribution in [0.4, 0.5) is 0 Å². The lowest BCUT2D eigenvalue weighted by atomic mass is 10.1. The molecule has 0 saturated carbocycles. The van der Waals surface area contributed by atoms with Crippen molar-refractivity contribution in [1.82, 2.24) is 9.80 Å². The molecule has 0 atom stereocenters. The van der Waals surface area contributed by atoms with Crippen LogP contribution >= 0.6 is 0 Å². The third-order valence-corrected chi connectivity index (χ3v) is 3.84. The van der Waals surface area contributed by atoms with E-state index in [9.17, 15) is 0 Å². The molecule has 2 rings (SSSR count). The largest absolute Gasteiger partial charge is 0.494 e. The number of hydrogen-bond acceptors (Lipinski definition) is 4. The molecule has 1 heterocycles. The minimum atomic E-state index is 0.700. The molecule has 0 unspecified atom stereocenters. The van der Waals surface area contributed by atoms with E-state index in [-0.39, 0.29) is 0 Å². The van der Waals surface area contributed by atoms with E-state index in [1.807, 2.05) is 12.1 Å². The fourth-order valence-electron chi connectivity index (χ4n) is 2.47. The SMILES string of the molecule is CN1CCN(CCCOc2ccc(CCN)cc2)CC1. The van der Waals surface area contributed by atoms with Crippen LogP contribution in [0.2, 0.25) is 0 Å². The Hall–Kier alpha value is -1.10. The predicted octanol–water partition coefficient (Wildman–Crippen LogP) is 1.20. The Morgan fingerprint density at radius 2 is 1.80 bits per heavy atom. The van der Waals surface area contributed by atoms with Crippen molar-refractivity contribution < 1.29 is 4.74 Å². The zero-order valence-electron chi connectivity index (χ0n) is 12.6. The maximum absolute atomic E-state index is 5.78. The summed E-state index contributed by atoms with van der Waals surface area (Å²) in [5.74, 6) is 0.962. The van der Waals surface area contributed by atoms with Gasteiger partial charge in [-0.25, -0.2) is 0 Å². The van der Waals surface area contributed by atoms with Gasteiger partial charge in [0.25, 0.3) is 0 Å². The molecule has 0 aliphatic carbocycles. The summed E-state index contributed by atoms with van der Waals surface area (Å²) in [6.07, 6.45) is 2.03. The van der Waals surface area contributed by atoms with Gasteiger partial charge in [-0.1, -0.05) is 12.1 Å². The first-order valence-electron chi connectivity index (χ1n) is 7.60.